The van der Waals surface area contributed by atoms with Gasteiger partial charge in [0.05, 0.1) is 19.8 Å². The van der Waals surface area contributed by atoms with Crippen LogP contribution in [0.5, 0.6) is 17.2 Å². The van der Waals surface area contributed by atoms with Crippen molar-refractivity contribution in [1.29, 1.82) is 0 Å². The Morgan fingerprint density at radius 3 is 2.64 bits per heavy atom. The molecule has 0 saturated heterocycles. The van der Waals surface area contributed by atoms with E-state index in [0.717, 1.165) is 12.2 Å². The molecule has 1 atom stereocenters. The van der Waals surface area contributed by atoms with E-state index in [-0.39, 0.29) is 34.5 Å². The fraction of sp³-hybridized carbons (Fsp3) is 0.235. The Hall–Kier alpha value is -2.69. The molecule has 22 heavy (non-hydrogen) atoms. The van der Waals surface area contributed by atoms with Gasteiger partial charge in [0, 0.05) is 0 Å². The molecular weight excluding hydrogens is 284 g/mol. The van der Waals surface area contributed by atoms with Gasteiger partial charge in [-0.3, -0.25) is 4.79 Å². The van der Waals surface area contributed by atoms with Gasteiger partial charge >= 0.3 is 0 Å². The normalized spacial score (nSPS) is 17.4. The van der Waals surface area contributed by atoms with Gasteiger partial charge in [-0.05, 0) is 42.7 Å². The molecule has 1 aliphatic carbocycles. The highest BCUT2D eigenvalue weighted by atomic mass is 16.5. The summed E-state index contributed by atoms with van der Waals surface area (Å²) >= 11 is 0. The lowest BCUT2D eigenvalue weighted by Gasteiger charge is -2.12. The Labute approximate surface area is 128 Å². The minimum atomic E-state index is -0.363. The first-order valence-electron chi connectivity index (χ1n) is 6.80. The molecule has 2 rings (SSSR count). The zero-order chi connectivity index (χ0) is 16.1. The van der Waals surface area contributed by atoms with Gasteiger partial charge in [-0.2, -0.15) is 0 Å². The summed E-state index contributed by atoms with van der Waals surface area (Å²) in [4.78, 5) is 12.2. The molecule has 5 nitrogen and oxygen atoms in total. The number of ether oxygens (including phenoxy) is 2. The molecule has 0 spiro atoms. The van der Waals surface area contributed by atoms with E-state index in [9.17, 15) is 15.0 Å². The van der Waals surface area contributed by atoms with Gasteiger partial charge in [0.2, 0.25) is 5.75 Å². The maximum atomic E-state index is 12.2. The largest absolute Gasteiger partial charge is 0.504 e. The lowest BCUT2D eigenvalue weighted by Crippen LogP contribution is -2.01. The van der Waals surface area contributed by atoms with Crippen LogP contribution in [0.1, 0.15) is 16.8 Å². The molecule has 1 aromatic rings. The molecule has 1 unspecified atom stereocenters. The van der Waals surface area contributed by atoms with Gasteiger partial charge in [0.15, 0.2) is 17.3 Å². The summed E-state index contributed by atoms with van der Waals surface area (Å²) in [6.45, 7) is 0. The van der Waals surface area contributed by atoms with Crippen molar-refractivity contribution in [3.05, 3.63) is 53.8 Å². The number of phenolic OH excluding ortho intramolecular Hbond substituents is 2. The first-order chi connectivity index (χ1) is 10.6. The van der Waals surface area contributed by atoms with Crippen molar-refractivity contribution in [3.8, 4) is 17.2 Å². The fourth-order valence-electron chi connectivity index (χ4n) is 2.17. The topological polar surface area (TPSA) is 76.0 Å². The molecule has 1 aromatic carbocycles. The number of allylic oxidation sites excluding steroid dienone is 5. The van der Waals surface area contributed by atoms with Crippen molar-refractivity contribution in [1.82, 2.24) is 0 Å². The van der Waals surface area contributed by atoms with Crippen molar-refractivity contribution in [2.75, 3.05) is 14.2 Å². The van der Waals surface area contributed by atoms with E-state index in [1.165, 1.54) is 25.3 Å². The third-order valence-electron chi connectivity index (χ3n) is 3.41. The molecule has 5 heteroatoms. The molecule has 2 N–H and O–H groups in total. The monoisotopic (exact) mass is 302 g/mol. The van der Waals surface area contributed by atoms with Crippen LogP contribution in [-0.4, -0.2) is 30.2 Å². The maximum Gasteiger partial charge on any atom is 0.203 e. The van der Waals surface area contributed by atoms with Crippen LogP contribution in [0.25, 0.3) is 0 Å². The van der Waals surface area contributed by atoms with E-state index >= 15 is 0 Å². The van der Waals surface area contributed by atoms with Gasteiger partial charge in [-0.15, -0.1) is 0 Å². The Balaban J connectivity index is 2.12. The number of benzene rings is 1. The number of carbonyl (C=O) groups is 1. The first-order valence-corrected chi connectivity index (χ1v) is 6.80. The molecule has 0 radical (unpaired) electrons. The van der Waals surface area contributed by atoms with Gasteiger partial charge in [0.1, 0.15) is 5.76 Å². The van der Waals surface area contributed by atoms with E-state index in [0.29, 0.717) is 0 Å². The number of rotatable bonds is 5. The van der Waals surface area contributed by atoms with Crippen LogP contribution in [0.2, 0.25) is 0 Å². The number of carbonyl (C=O) groups excluding carboxylic acids is 1. The van der Waals surface area contributed by atoms with Crippen LogP contribution >= 0.6 is 0 Å². The molecule has 1 aliphatic rings. The molecular formula is C17H18O5. The zero-order valence-corrected chi connectivity index (χ0v) is 12.4. The molecule has 0 heterocycles. The van der Waals surface area contributed by atoms with E-state index in [1.54, 1.807) is 13.2 Å². The van der Waals surface area contributed by atoms with Crippen molar-refractivity contribution >= 4 is 5.78 Å². The smallest absolute Gasteiger partial charge is 0.203 e. The van der Waals surface area contributed by atoms with Crippen LogP contribution in [0.15, 0.2) is 48.3 Å². The number of phenols is 2. The highest BCUT2D eigenvalue weighted by molar-refractivity contribution is 6.07. The number of methoxy groups -OCH3 is 2. The maximum absolute atomic E-state index is 12.2. The molecule has 116 valence electrons. The van der Waals surface area contributed by atoms with Gasteiger partial charge < -0.3 is 19.7 Å². The lowest BCUT2D eigenvalue weighted by atomic mass is 9.98. The average Bonchev–Trinajstić information content (AvgIpc) is 2.53. The minimum Gasteiger partial charge on any atom is -0.504 e. The zero-order valence-electron chi connectivity index (χ0n) is 12.4. The number of aromatic hydroxyl groups is 2. The van der Waals surface area contributed by atoms with Crippen LogP contribution < -0.4 is 4.74 Å². The highest BCUT2D eigenvalue weighted by Crippen LogP contribution is 2.38. The lowest BCUT2D eigenvalue weighted by molar-refractivity contribution is 0.104. The molecule has 0 bridgehead atoms. The summed E-state index contributed by atoms with van der Waals surface area (Å²) in [5.74, 6) is -0.137. The molecule has 0 saturated carbocycles. The number of hydrogen-bond donors (Lipinski definition) is 2. The standard InChI is InChI=1S/C17H18O5/c1-21-12-6-3-11(4-7-12)5-9-14(18)13-8-10-15(19)17(22-2)16(13)20/h3,5-11,19-20H,4H2,1-2H3. The minimum absolute atomic E-state index is 0.0822. The molecule has 0 aromatic heterocycles. The van der Waals surface area contributed by atoms with Crippen molar-refractivity contribution in [2.24, 2.45) is 5.92 Å². The quantitative estimate of drug-likeness (QED) is 0.646. The molecule has 0 aliphatic heterocycles. The Bertz CT molecular complexity index is 655. The van der Waals surface area contributed by atoms with Gasteiger partial charge in [-0.25, -0.2) is 0 Å². The predicted octanol–water partition coefficient (Wildman–Crippen LogP) is 2.95. The summed E-state index contributed by atoms with van der Waals surface area (Å²) in [6, 6.07) is 2.67. The second-order valence-electron chi connectivity index (χ2n) is 4.81. The molecule has 0 fully saturated rings. The van der Waals surface area contributed by atoms with Crippen LogP contribution in [0.4, 0.5) is 0 Å². The highest BCUT2D eigenvalue weighted by Gasteiger charge is 2.17. The Morgan fingerprint density at radius 1 is 1.27 bits per heavy atom. The van der Waals surface area contributed by atoms with Gasteiger partial charge in [-0.1, -0.05) is 12.2 Å². The van der Waals surface area contributed by atoms with E-state index < -0.39 is 0 Å². The first kappa shape index (κ1) is 15.7. The summed E-state index contributed by atoms with van der Waals surface area (Å²) < 4.78 is 9.98. The fourth-order valence-corrected chi connectivity index (χ4v) is 2.17. The second-order valence-corrected chi connectivity index (χ2v) is 4.81. The Kier molecular flexibility index (Phi) is 4.88. The number of ketones is 1. The molecule has 0 amide bonds. The Morgan fingerprint density at radius 2 is 2.05 bits per heavy atom. The summed E-state index contributed by atoms with van der Waals surface area (Å²) in [6.07, 6.45) is 9.66. The van der Waals surface area contributed by atoms with Crippen LogP contribution in [0.3, 0.4) is 0 Å². The SMILES string of the molecule is COC1=CCC(C=CC(=O)c2ccc(O)c(OC)c2O)C=C1. The number of hydrogen-bond acceptors (Lipinski definition) is 5. The predicted molar refractivity (Wildman–Crippen MR) is 82.1 cm³/mol. The summed E-state index contributed by atoms with van der Waals surface area (Å²) in [7, 11) is 2.92. The van der Waals surface area contributed by atoms with Gasteiger partial charge in [0.25, 0.3) is 0 Å². The van der Waals surface area contributed by atoms with E-state index in [2.05, 4.69) is 0 Å². The van der Waals surface area contributed by atoms with E-state index in [1.807, 2.05) is 18.2 Å². The summed E-state index contributed by atoms with van der Waals surface area (Å²) in [5, 5.41) is 19.5. The van der Waals surface area contributed by atoms with Crippen LogP contribution in [-0.2, 0) is 4.74 Å². The average molecular weight is 302 g/mol. The van der Waals surface area contributed by atoms with E-state index in [4.69, 9.17) is 9.47 Å². The van der Waals surface area contributed by atoms with Crippen LogP contribution in [0, 0.1) is 5.92 Å². The third kappa shape index (κ3) is 3.31. The van der Waals surface area contributed by atoms with Crippen molar-refractivity contribution in [2.45, 2.75) is 6.42 Å². The third-order valence-corrected chi connectivity index (χ3v) is 3.41. The van der Waals surface area contributed by atoms with Crippen molar-refractivity contribution in [3.63, 3.8) is 0 Å². The summed E-state index contributed by atoms with van der Waals surface area (Å²) in [5.41, 5.74) is 0.0822. The van der Waals surface area contributed by atoms with Crippen molar-refractivity contribution < 1.29 is 24.5 Å². The second kappa shape index (κ2) is 6.85.